The number of allylic oxidation sites excluding steroid dienone is 1. The van der Waals surface area contributed by atoms with Crippen molar-refractivity contribution in [3.8, 4) is 11.5 Å². The molecule has 59 heavy (non-hydrogen) atoms. The number of benzene rings is 2. The zero-order valence-corrected chi connectivity index (χ0v) is 34.9. The van der Waals surface area contributed by atoms with E-state index in [0.29, 0.717) is 42.2 Å². The highest BCUT2D eigenvalue weighted by Gasteiger charge is 2.65. The van der Waals surface area contributed by atoms with Crippen LogP contribution in [0.15, 0.2) is 71.9 Å². The average Bonchev–Trinajstić information content (AvgIpc) is 3.20. The van der Waals surface area contributed by atoms with Gasteiger partial charge in [-0.15, -0.1) is 6.58 Å². The van der Waals surface area contributed by atoms with E-state index in [9.17, 15) is 29.9 Å². The first-order valence-corrected chi connectivity index (χ1v) is 20.6. The molecule has 2 aliphatic carbocycles. The van der Waals surface area contributed by atoms with Gasteiger partial charge in [0.25, 0.3) is 5.69 Å². The van der Waals surface area contributed by atoms with Crippen molar-refractivity contribution in [2.24, 2.45) is 28.3 Å². The van der Waals surface area contributed by atoms with Crippen molar-refractivity contribution in [1.29, 1.82) is 0 Å². The third-order valence-corrected chi connectivity index (χ3v) is 11.1. The van der Waals surface area contributed by atoms with E-state index in [1.165, 1.54) is 17.0 Å². The highest BCUT2D eigenvalue weighted by Crippen LogP contribution is 2.61. The maximum atomic E-state index is 14.0. The molecule has 3 aliphatic rings. The molecule has 322 valence electrons. The number of nitrogens with zero attached hydrogens (tertiary/aromatic N) is 3. The van der Waals surface area contributed by atoms with Crippen molar-refractivity contribution in [3.63, 3.8) is 0 Å². The van der Waals surface area contributed by atoms with Crippen molar-refractivity contribution in [3.05, 3.63) is 88.0 Å². The second kappa shape index (κ2) is 20.3. The summed E-state index contributed by atoms with van der Waals surface area (Å²) in [5.41, 5.74) is 2.53. The van der Waals surface area contributed by atoms with Crippen molar-refractivity contribution in [1.82, 2.24) is 10.2 Å². The van der Waals surface area contributed by atoms with Crippen LogP contribution in [0.4, 0.5) is 15.3 Å². The van der Waals surface area contributed by atoms with E-state index >= 15 is 0 Å². The maximum absolute atomic E-state index is 14.0. The van der Waals surface area contributed by atoms with Gasteiger partial charge in [0.05, 0.1) is 29.8 Å². The number of rotatable bonds is 19. The molecule has 0 spiro atoms. The first-order chi connectivity index (χ1) is 28.3. The van der Waals surface area contributed by atoms with Crippen LogP contribution >= 0.6 is 0 Å². The molecule has 1 aliphatic heterocycles. The number of likely N-dealkylation sites (N-methyl/N-ethyl adjacent to an activating group) is 1. The minimum absolute atomic E-state index is 0.0154. The van der Waals surface area contributed by atoms with Crippen molar-refractivity contribution < 1.29 is 48.5 Å². The predicted molar refractivity (Wildman–Crippen MR) is 221 cm³/mol. The van der Waals surface area contributed by atoms with Crippen LogP contribution in [0.25, 0.3) is 0 Å². The second-order valence-corrected chi connectivity index (χ2v) is 16.6. The van der Waals surface area contributed by atoms with E-state index in [-0.39, 0.29) is 68.3 Å². The van der Waals surface area contributed by atoms with Gasteiger partial charge >= 0.3 is 12.2 Å². The number of fused-ring (bicyclic) bond motifs is 2. The summed E-state index contributed by atoms with van der Waals surface area (Å²) < 4.78 is 25.6. The summed E-state index contributed by atoms with van der Waals surface area (Å²) in [4.78, 5) is 45.1. The third kappa shape index (κ3) is 10.8. The quantitative estimate of drug-likeness (QED) is 0.0546. The normalized spacial score (nSPS) is 23.8. The number of nitro groups is 1. The molecular formula is C44H60N4O11. The molecule has 0 saturated heterocycles. The van der Waals surface area contributed by atoms with Crippen LogP contribution in [-0.2, 0) is 20.9 Å². The lowest BCUT2D eigenvalue weighted by Crippen LogP contribution is -2.69. The van der Waals surface area contributed by atoms with Gasteiger partial charge in [-0.25, -0.2) is 9.59 Å². The fourth-order valence-corrected chi connectivity index (χ4v) is 8.48. The molecular weight excluding hydrogens is 761 g/mol. The number of oxime groups is 1. The predicted octanol–water partition coefficient (Wildman–Crippen LogP) is 7.65. The fraction of sp³-hybridized carbons (Fsp3) is 0.568. The Bertz CT molecular complexity index is 1840. The molecule has 5 rings (SSSR count). The van der Waals surface area contributed by atoms with E-state index in [1.807, 2.05) is 26.8 Å². The summed E-state index contributed by atoms with van der Waals surface area (Å²) in [5.74, 6) is -1.62. The number of carbonyl (C=O) groups excluding carboxylic acids is 2. The molecule has 1 fully saturated rings. The van der Waals surface area contributed by atoms with Gasteiger partial charge in [0, 0.05) is 56.8 Å². The Hall–Kier alpha value is -4.99. The molecule has 2 amide bonds. The van der Waals surface area contributed by atoms with Gasteiger partial charge in [-0.1, -0.05) is 50.9 Å². The van der Waals surface area contributed by atoms with Crippen LogP contribution in [0.3, 0.4) is 0 Å². The zero-order valence-electron chi connectivity index (χ0n) is 34.9. The lowest BCUT2D eigenvalue weighted by atomic mass is 9.55. The number of nitro benzene ring substituents is 1. The van der Waals surface area contributed by atoms with E-state index < -0.39 is 34.9 Å². The zero-order chi connectivity index (χ0) is 42.7. The Morgan fingerprint density at radius 3 is 2.46 bits per heavy atom. The molecule has 6 atom stereocenters. The SMILES string of the molecule is C=CCOC12Oc3ccc(OC(=O)NCC)cc3C3C(CCCCO)C(CCCCO)C=C(C(=NOCc4ccc([N+](=O)[O-])cc4)CC1N(C)C(=O)OCC(C)(C)C)C32. The highest BCUT2D eigenvalue weighted by molar-refractivity contribution is 6.03. The van der Waals surface area contributed by atoms with Gasteiger partial charge < -0.3 is 44.2 Å². The molecule has 0 radical (unpaired) electrons. The molecule has 15 heteroatoms. The summed E-state index contributed by atoms with van der Waals surface area (Å²) in [5, 5.41) is 38.4. The van der Waals surface area contributed by atoms with Crippen LogP contribution in [0.2, 0.25) is 0 Å². The van der Waals surface area contributed by atoms with Gasteiger partial charge in [-0.05, 0) is 91.3 Å². The van der Waals surface area contributed by atoms with Crippen molar-refractivity contribution in [2.75, 3.05) is 40.0 Å². The van der Waals surface area contributed by atoms with Gasteiger partial charge in [-0.3, -0.25) is 10.1 Å². The second-order valence-electron chi connectivity index (χ2n) is 16.6. The van der Waals surface area contributed by atoms with Crippen molar-refractivity contribution >= 4 is 23.6 Å². The number of aliphatic hydroxyl groups is 2. The number of ether oxygens (including phenoxy) is 4. The van der Waals surface area contributed by atoms with E-state index in [4.69, 9.17) is 28.9 Å². The topological polar surface area (TPSA) is 192 Å². The minimum atomic E-state index is -1.49. The van der Waals surface area contributed by atoms with Gasteiger partial charge in [0.1, 0.15) is 24.1 Å². The van der Waals surface area contributed by atoms with Crippen LogP contribution < -0.4 is 14.8 Å². The first-order valence-electron chi connectivity index (χ1n) is 20.6. The molecule has 15 nitrogen and oxygen atoms in total. The van der Waals surface area contributed by atoms with Crippen LogP contribution in [-0.4, -0.2) is 89.8 Å². The smallest absolute Gasteiger partial charge is 0.412 e. The average molecular weight is 821 g/mol. The maximum Gasteiger partial charge on any atom is 0.412 e. The standard InChI is InChI=1S/C44H60N4O11/c1-7-23-56-44-38(47(6)42(52)55-28-43(3,4)5)26-36(46-57-27-29-15-17-31(18-16-29)48(53)54)34-24-30(13-9-11-21-49)33(14-10-12-22-50)39(40(34)44)35-25-32(19-20-37(35)59-44)58-41(51)45-8-2/h7,15-20,24-25,30,33,38-40,49-50H,1,8-14,21-23,26-28H2,2-6H3,(H,45,51). The lowest BCUT2D eigenvalue weighted by Gasteiger charge is -2.59. The lowest BCUT2D eigenvalue weighted by molar-refractivity contribution is -0.384. The molecule has 2 aromatic carbocycles. The van der Waals surface area contributed by atoms with Crippen LogP contribution in [0.1, 0.15) is 89.7 Å². The minimum Gasteiger partial charge on any atom is -0.459 e. The molecule has 0 bridgehead atoms. The molecule has 1 heterocycles. The summed E-state index contributed by atoms with van der Waals surface area (Å²) in [6.45, 7) is 12.5. The highest BCUT2D eigenvalue weighted by atomic mass is 16.7. The Labute approximate surface area is 346 Å². The molecule has 0 aromatic heterocycles. The molecule has 3 N–H and O–H groups in total. The Morgan fingerprint density at radius 2 is 1.81 bits per heavy atom. The Balaban J connectivity index is 1.72. The van der Waals surface area contributed by atoms with E-state index in [1.54, 1.807) is 44.3 Å². The monoisotopic (exact) mass is 820 g/mol. The molecule has 2 aromatic rings. The Morgan fingerprint density at radius 1 is 1.10 bits per heavy atom. The van der Waals surface area contributed by atoms with Crippen LogP contribution in [0, 0.1) is 33.3 Å². The fourth-order valence-electron chi connectivity index (χ4n) is 8.48. The van der Waals surface area contributed by atoms with Gasteiger partial charge in [-0.2, -0.15) is 0 Å². The number of aliphatic hydroxyl groups excluding tert-OH is 2. The molecule has 1 saturated carbocycles. The number of nitrogens with one attached hydrogen (secondary N) is 1. The Kier molecular flexibility index (Phi) is 15.5. The van der Waals surface area contributed by atoms with Gasteiger partial charge in [0.2, 0.25) is 5.79 Å². The number of unbranched alkanes of at least 4 members (excludes halogenated alkanes) is 2. The number of hydrogen-bond acceptors (Lipinski definition) is 12. The van der Waals surface area contributed by atoms with Crippen LogP contribution in [0.5, 0.6) is 11.5 Å². The summed E-state index contributed by atoms with van der Waals surface area (Å²) in [6.07, 6.45) is 7.05. The van der Waals surface area contributed by atoms with Crippen molar-refractivity contribution in [2.45, 2.75) is 97.0 Å². The summed E-state index contributed by atoms with van der Waals surface area (Å²) in [6, 6.07) is 10.5. The number of amides is 2. The number of carbonyl (C=O) groups is 2. The number of non-ortho nitro benzene ring substituents is 1. The summed E-state index contributed by atoms with van der Waals surface area (Å²) in [7, 11) is 1.66. The largest absolute Gasteiger partial charge is 0.459 e. The van der Waals surface area contributed by atoms with E-state index in [0.717, 1.165) is 36.8 Å². The number of hydrogen-bond donors (Lipinski definition) is 3. The van der Waals surface area contributed by atoms with Gasteiger partial charge in [0.15, 0.2) is 0 Å². The summed E-state index contributed by atoms with van der Waals surface area (Å²) >= 11 is 0. The first kappa shape index (κ1) is 45.1. The van der Waals surface area contributed by atoms with E-state index in [2.05, 4.69) is 18.0 Å². The third-order valence-electron chi connectivity index (χ3n) is 11.1. The molecule has 6 unspecified atom stereocenters.